The Morgan fingerprint density at radius 1 is 1.33 bits per heavy atom. The standard InChI is InChI=1S/C9H8ClNO/c10-8-3-1-2-7-6(8)4-5-9(7)11-12/h1-3,12H,4-5H2/b11-9+. The Morgan fingerprint density at radius 2 is 2.17 bits per heavy atom. The van der Waals surface area contributed by atoms with E-state index in [-0.39, 0.29) is 0 Å². The van der Waals surface area contributed by atoms with Gasteiger partial charge in [-0.25, -0.2) is 0 Å². The van der Waals surface area contributed by atoms with E-state index in [0.717, 1.165) is 34.7 Å². The zero-order valence-electron chi connectivity index (χ0n) is 6.42. The summed E-state index contributed by atoms with van der Waals surface area (Å²) in [5.41, 5.74) is 2.84. The first kappa shape index (κ1) is 7.62. The molecule has 0 aromatic heterocycles. The second-order valence-corrected chi connectivity index (χ2v) is 3.22. The highest BCUT2D eigenvalue weighted by molar-refractivity contribution is 6.32. The van der Waals surface area contributed by atoms with Gasteiger partial charge in [-0.3, -0.25) is 0 Å². The van der Waals surface area contributed by atoms with Gasteiger partial charge in [-0.1, -0.05) is 28.9 Å². The highest BCUT2D eigenvalue weighted by Gasteiger charge is 2.19. The maximum Gasteiger partial charge on any atom is 0.0874 e. The molecule has 1 aromatic carbocycles. The van der Waals surface area contributed by atoms with Gasteiger partial charge < -0.3 is 5.21 Å². The summed E-state index contributed by atoms with van der Waals surface area (Å²) in [7, 11) is 0. The Labute approximate surface area is 75.5 Å². The molecule has 0 bridgehead atoms. The van der Waals surface area contributed by atoms with Crippen LogP contribution in [-0.4, -0.2) is 10.9 Å². The van der Waals surface area contributed by atoms with E-state index in [2.05, 4.69) is 5.16 Å². The molecule has 0 amide bonds. The molecule has 12 heavy (non-hydrogen) atoms. The fourth-order valence-corrected chi connectivity index (χ4v) is 1.83. The van der Waals surface area contributed by atoms with E-state index in [1.807, 2.05) is 18.2 Å². The average molecular weight is 182 g/mol. The van der Waals surface area contributed by atoms with Gasteiger partial charge in [-0.05, 0) is 24.5 Å². The van der Waals surface area contributed by atoms with Crippen LogP contribution in [0.4, 0.5) is 0 Å². The first-order valence-corrected chi connectivity index (χ1v) is 4.19. The summed E-state index contributed by atoms with van der Waals surface area (Å²) in [4.78, 5) is 0. The van der Waals surface area contributed by atoms with Crippen molar-refractivity contribution in [3.05, 3.63) is 34.3 Å². The van der Waals surface area contributed by atoms with Crippen molar-refractivity contribution in [2.75, 3.05) is 0 Å². The summed E-state index contributed by atoms with van der Waals surface area (Å²) in [6, 6.07) is 5.67. The largest absolute Gasteiger partial charge is 0.411 e. The molecule has 2 rings (SSSR count). The lowest BCUT2D eigenvalue weighted by Gasteiger charge is -1.99. The predicted octanol–water partition coefficient (Wildman–Crippen LogP) is 2.46. The SMILES string of the molecule is O/N=C1\CCc2c(Cl)cccc21. The Balaban J connectivity index is 2.61. The van der Waals surface area contributed by atoms with Gasteiger partial charge in [0.15, 0.2) is 0 Å². The third-order valence-corrected chi connectivity index (χ3v) is 2.52. The lowest BCUT2D eigenvalue weighted by Crippen LogP contribution is -1.93. The predicted molar refractivity (Wildman–Crippen MR) is 48.1 cm³/mol. The number of fused-ring (bicyclic) bond motifs is 1. The van der Waals surface area contributed by atoms with Crippen LogP contribution in [-0.2, 0) is 6.42 Å². The van der Waals surface area contributed by atoms with Gasteiger partial charge >= 0.3 is 0 Å². The van der Waals surface area contributed by atoms with Gasteiger partial charge in [-0.15, -0.1) is 0 Å². The Morgan fingerprint density at radius 3 is 2.92 bits per heavy atom. The maximum atomic E-state index is 8.65. The maximum absolute atomic E-state index is 8.65. The van der Waals surface area contributed by atoms with Crippen LogP contribution in [0, 0.1) is 0 Å². The molecular weight excluding hydrogens is 174 g/mol. The number of rotatable bonds is 0. The molecule has 0 aliphatic heterocycles. The monoisotopic (exact) mass is 181 g/mol. The van der Waals surface area contributed by atoms with E-state index in [0.29, 0.717) is 0 Å². The van der Waals surface area contributed by atoms with E-state index < -0.39 is 0 Å². The van der Waals surface area contributed by atoms with Gasteiger partial charge in [0.2, 0.25) is 0 Å². The molecule has 1 N–H and O–H groups in total. The smallest absolute Gasteiger partial charge is 0.0874 e. The van der Waals surface area contributed by atoms with Crippen molar-refractivity contribution in [1.29, 1.82) is 0 Å². The molecule has 0 fully saturated rings. The highest BCUT2D eigenvalue weighted by Crippen LogP contribution is 2.28. The normalized spacial score (nSPS) is 18.2. The number of hydrogen-bond donors (Lipinski definition) is 1. The van der Waals surface area contributed by atoms with Gasteiger partial charge in [0.25, 0.3) is 0 Å². The molecule has 0 atom stereocenters. The summed E-state index contributed by atoms with van der Waals surface area (Å²) in [6.07, 6.45) is 1.67. The molecule has 1 aliphatic rings. The van der Waals surface area contributed by atoms with E-state index in [9.17, 15) is 0 Å². The molecule has 0 spiro atoms. The number of nitrogens with zero attached hydrogens (tertiary/aromatic N) is 1. The summed E-state index contributed by atoms with van der Waals surface area (Å²) < 4.78 is 0. The molecular formula is C9H8ClNO. The van der Waals surface area contributed by atoms with Crippen molar-refractivity contribution < 1.29 is 5.21 Å². The molecule has 2 nitrogen and oxygen atoms in total. The Bertz CT molecular complexity index is 346. The summed E-state index contributed by atoms with van der Waals surface area (Å²) in [5, 5.41) is 12.6. The number of oxime groups is 1. The fraction of sp³-hybridized carbons (Fsp3) is 0.222. The first-order chi connectivity index (χ1) is 5.83. The topological polar surface area (TPSA) is 32.6 Å². The molecule has 0 saturated heterocycles. The molecule has 0 unspecified atom stereocenters. The zero-order valence-corrected chi connectivity index (χ0v) is 7.17. The van der Waals surface area contributed by atoms with Crippen molar-refractivity contribution in [2.45, 2.75) is 12.8 Å². The Kier molecular flexibility index (Phi) is 1.77. The van der Waals surface area contributed by atoms with Crippen molar-refractivity contribution in [1.82, 2.24) is 0 Å². The first-order valence-electron chi connectivity index (χ1n) is 3.81. The summed E-state index contributed by atoms with van der Waals surface area (Å²) in [5.74, 6) is 0. The highest BCUT2D eigenvalue weighted by atomic mass is 35.5. The van der Waals surface area contributed by atoms with E-state index in [1.165, 1.54) is 0 Å². The third-order valence-electron chi connectivity index (χ3n) is 2.16. The van der Waals surface area contributed by atoms with Gasteiger partial charge in [-0.2, -0.15) is 0 Å². The molecule has 3 heteroatoms. The van der Waals surface area contributed by atoms with Crippen LogP contribution in [0.25, 0.3) is 0 Å². The molecule has 1 aromatic rings. The van der Waals surface area contributed by atoms with Crippen molar-refractivity contribution >= 4 is 17.3 Å². The second kappa shape index (κ2) is 2.79. The average Bonchev–Trinajstić information content (AvgIpc) is 2.49. The van der Waals surface area contributed by atoms with Crippen LogP contribution >= 0.6 is 11.6 Å². The lowest BCUT2D eigenvalue weighted by atomic mass is 10.1. The van der Waals surface area contributed by atoms with Gasteiger partial charge in [0.05, 0.1) is 5.71 Å². The number of halogens is 1. The van der Waals surface area contributed by atoms with Crippen LogP contribution in [0.5, 0.6) is 0 Å². The minimum Gasteiger partial charge on any atom is -0.411 e. The molecule has 62 valence electrons. The van der Waals surface area contributed by atoms with E-state index in [4.69, 9.17) is 16.8 Å². The molecule has 0 radical (unpaired) electrons. The fourth-order valence-electron chi connectivity index (χ4n) is 1.57. The van der Waals surface area contributed by atoms with Crippen LogP contribution < -0.4 is 0 Å². The zero-order chi connectivity index (χ0) is 8.55. The van der Waals surface area contributed by atoms with Crippen molar-refractivity contribution in [3.63, 3.8) is 0 Å². The van der Waals surface area contributed by atoms with Gasteiger partial charge in [0, 0.05) is 10.6 Å². The van der Waals surface area contributed by atoms with E-state index in [1.54, 1.807) is 0 Å². The molecule has 0 heterocycles. The van der Waals surface area contributed by atoms with Crippen LogP contribution in [0.3, 0.4) is 0 Å². The summed E-state index contributed by atoms with van der Waals surface area (Å²) in [6.45, 7) is 0. The third kappa shape index (κ3) is 0.994. The molecule has 1 aliphatic carbocycles. The minimum absolute atomic E-state index is 0.743. The molecule has 0 saturated carbocycles. The summed E-state index contributed by atoms with van der Waals surface area (Å²) >= 11 is 5.96. The van der Waals surface area contributed by atoms with Crippen molar-refractivity contribution in [2.24, 2.45) is 5.16 Å². The quantitative estimate of drug-likeness (QED) is 0.484. The van der Waals surface area contributed by atoms with Crippen LogP contribution in [0.2, 0.25) is 5.02 Å². The minimum atomic E-state index is 0.743. The Hall–Kier alpha value is -1.02. The van der Waals surface area contributed by atoms with Crippen LogP contribution in [0.1, 0.15) is 17.5 Å². The van der Waals surface area contributed by atoms with Crippen LogP contribution in [0.15, 0.2) is 23.4 Å². The van der Waals surface area contributed by atoms with Gasteiger partial charge in [0.1, 0.15) is 0 Å². The van der Waals surface area contributed by atoms with Crippen molar-refractivity contribution in [3.8, 4) is 0 Å². The lowest BCUT2D eigenvalue weighted by molar-refractivity contribution is 0.318. The number of hydrogen-bond acceptors (Lipinski definition) is 2. The second-order valence-electron chi connectivity index (χ2n) is 2.81. The number of benzene rings is 1. The van der Waals surface area contributed by atoms with E-state index >= 15 is 0 Å².